The smallest absolute Gasteiger partial charge is 0.271 e. The third kappa shape index (κ3) is 4.31. The molecule has 9 nitrogen and oxygen atoms in total. The molecule has 0 spiro atoms. The largest absolute Gasteiger partial charge is 0.506 e. The number of pyridine rings is 1. The molecule has 194 valence electrons. The van der Waals surface area contributed by atoms with Crippen LogP contribution in [0, 0.1) is 24.0 Å². The van der Waals surface area contributed by atoms with Gasteiger partial charge in [-0.1, -0.05) is 17.7 Å². The molecule has 0 unspecified atom stereocenters. The van der Waals surface area contributed by atoms with E-state index in [0.717, 1.165) is 22.6 Å². The van der Waals surface area contributed by atoms with E-state index in [-0.39, 0.29) is 17.5 Å². The van der Waals surface area contributed by atoms with E-state index < -0.39 is 11.0 Å². The van der Waals surface area contributed by atoms with E-state index in [1.54, 1.807) is 24.4 Å². The minimum atomic E-state index is -0.432. The number of benzene rings is 2. The number of thiocarbonyl (C=S) groups is 1. The predicted molar refractivity (Wildman–Crippen MR) is 149 cm³/mol. The van der Waals surface area contributed by atoms with Gasteiger partial charge in [-0.15, -0.1) is 0 Å². The number of hydrogen-bond donors (Lipinski definition) is 2. The molecule has 3 heterocycles. The summed E-state index contributed by atoms with van der Waals surface area (Å²) >= 11 is 12.1. The van der Waals surface area contributed by atoms with Gasteiger partial charge in [0.1, 0.15) is 11.5 Å². The van der Waals surface area contributed by atoms with Gasteiger partial charge in [-0.25, -0.2) is 0 Å². The van der Waals surface area contributed by atoms with Crippen LogP contribution >= 0.6 is 23.8 Å². The predicted octanol–water partition coefficient (Wildman–Crippen LogP) is 5.94. The van der Waals surface area contributed by atoms with Gasteiger partial charge in [0, 0.05) is 34.7 Å². The number of methoxy groups -OCH3 is 1. The van der Waals surface area contributed by atoms with Crippen LogP contribution in [-0.4, -0.2) is 31.8 Å². The molecule has 5 rings (SSSR count). The number of non-ortho nitro benzene ring substituents is 1. The Labute approximate surface area is 229 Å². The lowest BCUT2D eigenvalue weighted by Gasteiger charge is -2.29. The van der Waals surface area contributed by atoms with Gasteiger partial charge in [0.05, 0.1) is 41.2 Å². The zero-order valence-electron chi connectivity index (χ0n) is 20.8. The summed E-state index contributed by atoms with van der Waals surface area (Å²) in [5, 5.41) is 26.6. The quantitative estimate of drug-likeness (QED) is 0.173. The van der Waals surface area contributed by atoms with Gasteiger partial charge in [-0.05, 0) is 74.1 Å². The number of nitrogens with one attached hydrogen (secondary N) is 1. The zero-order chi connectivity index (χ0) is 27.1. The van der Waals surface area contributed by atoms with Crippen molar-refractivity contribution in [3.8, 4) is 17.2 Å². The Balaban J connectivity index is 1.73. The number of anilines is 1. The average Bonchev–Trinajstić information content (AvgIpc) is 3.40. The van der Waals surface area contributed by atoms with Crippen molar-refractivity contribution in [3.05, 3.63) is 105 Å². The number of phenols is 1. The molecule has 38 heavy (non-hydrogen) atoms. The summed E-state index contributed by atoms with van der Waals surface area (Å²) in [6, 6.07) is 16.2. The molecule has 2 aromatic heterocycles. The Morgan fingerprint density at radius 2 is 1.92 bits per heavy atom. The Kier molecular flexibility index (Phi) is 6.68. The summed E-state index contributed by atoms with van der Waals surface area (Å²) in [6.07, 6.45) is 1.72. The Morgan fingerprint density at radius 3 is 2.61 bits per heavy atom. The number of aromatic nitrogens is 2. The lowest BCUT2D eigenvalue weighted by molar-refractivity contribution is -0.384. The Morgan fingerprint density at radius 1 is 1.13 bits per heavy atom. The van der Waals surface area contributed by atoms with E-state index in [1.807, 2.05) is 47.6 Å². The molecule has 0 saturated carbocycles. The van der Waals surface area contributed by atoms with E-state index in [2.05, 4.69) is 10.3 Å². The first-order chi connectivity index (χ1) is 18.2. The molecule has 4 aromatic rings. The molecule has 1 aliphatic rings. The Bertz CT molecular complexity index is 1560. The van der Waals surface area contributed by atoms with Crippen LogP contribution in [0.4, 0.5) is 11.4 Å². The van der Waals surface area contributed by atoms with Crippen LogP contribution in [0.1, 0.15) is 34.7 Å². The fourth-order valence-corrected chi connectivity index (χ4v) is 5.55. The van der Waals surface area contributed by atoms with Crippen molar-refractivity contribution in [2.75, 3.05) is 12.0 Å². The molecule has 0 bridgehead atoms. The molecular weight excluding hydrogens is 526 g/mol. The van der Waals surface area contributed by atoms with Crippen LogP contribution in [0.3, 0.4) is 0 Å². The van der Waals surface area contributed by atoms with Crippen LogP contribution in [-0.2, 0) is 0 Å². The van der Waals surface area contributed by atoms with Gasteiger partial charge in [0.15, 0.2) is 5.11 Å². The molecule has 0 radical (unpaired) electrons. The van der Waals surface area contributed by atoms with Gasteiger partial charge in [0.25, 0.3) is 5.69 Å². The number of aromatic hydroxyl groups is 1. The first-order valence-corrected chi connectivity index (χ1v) is 12.5. The number of rotatable bonds is 6. The van der Waals surface area contributed by atoms with Crippen LogP contribution < -0.4 is 15.0 Å². The van der Waals surface area contributed by atoms with Gasteiger partial charge >= 0.3 is 0 Å². The minimum absolute atomic E-state index is 0.0272. The van der Waals surface area contributed by atoms with E-state index in [9.17, 15) is 15.2 Å². The number of aryl methyl sites for hydroxylation is 1. The van der Waals surface area contributed by atoms with Crippen molar-refractivity contribution in [3.63, 3.8) is 0 Å². The van der Waals surface area contributed by atoms with Crippen molar-refractivity contribution in [2.45, 2.75) is 25.9 Å². The fourth-order valence-electron chi connectivity index (χ4n) is 5.04. The molecule has 0 amide bonds. The summed E-state index contributed by atoms with van der Waals surface area (Å²) in [7, 11) is 1.53. The van der Waals surface area contributed by atoms with E-state index >= 15 is 0 Å². The lowest BCUT2D eigenvalue weighted by Crippen LogP contribution is -2.29. The summed E-state index contributed by atoms with van der Waals surface area (Å²) < 4.78 is 7.49. The van der Waals surface area contributed by atoms with Crippen molar-refractivity contribution >= 4 is 40.3 Å². The molecule has 2 aromatic carbocycles. The number of nitro groups is 1. The third-order valence-electron chi connectivity index (χ3n) is 6.70. The van der Waals surface area contributed by atoms with E-state index in [1.165, 1.54) is 25.3 Å². The first-order valence-electron chi connectivity index (χ1n) is 11.7. The molecule has 1 aliphatic heterocycles. The van der Waals surface area contributed by atoms with Crippen LogP contribution in [0.5, 0.6) is 11.5 Å². The highest BCUT2D eigenvalue weighted by molar-refractivity contribution is 7.80. The monoisotopic (exact) mass is 549 g/mol. The van der Waals surface area contributed by atoms with Crippen LogP contribution in [0.2, 0.25) is 5.02 Å². The highest BCUT2D eigenvalue weighted by Crippen LogP contribution is 2.47. The van der Waals surface area contributed by atoms with Crippen molar-refractivity contribution in [1.82, 2.24) is 14.9 Å². The van der Waals surface area contributed by atoms with Crippen LogP contribution in [0.25, 0.3) is 5.69 Å². The normalized spacial score (nSPS) is 16.9. The van der Waals surface area contributed by atoms with Gasteiger partial charge in [-0.2, -0.15) is 0 Å². The third-order valence-corrected chi connectivity index (χ3v) is 7.25. The number of nitrogens with zero attached hydrogens (tertiary/aromatic N) is 4. The van der Waals surface area contributed by atoms with Crippen molar-refractivity contribution in [1.29, 1.82) is 0 Å². The number of nitro benzene ring substituents is 1. The Hall–Kier alpha value is -4.15. The molecule has 0 aliphatic carbocycles. The van der Waals surface area contributed by atoms with Crippen molar-refractivity contribution in [2.24, 2.45) is 0 Å². The second-order valence-corrected chi connectivity index (χ2v) is 9.73. The molecule has 2 atom stereocenters. The summed E-state index contributed by atoms with van der Waals surface area (Å²) in [5.41, 5.74) is 4.27. The number of ether oxygens (including phenoxy) is 1. The highest BCUT2D eigenvalue weighted by atomic mass is 35.5. The van der Waals surface area contributed by atoms with Crippen molar-refractivity contribution < 1.29 is 14.8 Å². The van der Waals surface area contributed by atoms with E-state index in [0.29, 0.717) is 27.3 Å². The van der Waals surface area contributed by atoms with Gasteiger partial charge in [0.2, 0.25) is 0 Å². The maximum absolute atomic E-state index is 11.5. The van der Waals surface area contributed by atoms with Gasteiger partial charge < -0.3 is 24.6 Å². The summed E-state index contributed by atoms with van der Waals surface area (Å²) in [4.78, 5) is 17.5. The average molecular weight is 550 g/mol. The molecular formula is C27H24ClN5O4S. The maximum atomic E-state index is 11.5. The second-order valence-electron chi connectivity index (χ2n) is 8.90. The summed E-state index contributed by atoms with van der Waals surface area (Å²) in [6.45, 7) is 3.86. The molecule has 2 N–H and O–H groups in total. The second kappa shape index (κ2) is 9.96. The van der Waals surface area contributed by atoms with Crippen LogP contribution in [0.15, 0.2) is 66.9 Å². The number of hydrogen-bond acceptors (Lipinski definition) is 6. The molecule has 1 fully saturated rings. The summed E-state index contributed by atoms with van der Waals surface area (Å²) in [5.74, 6) is 0.522. The first kappa shape index (κ1) is 25.5. The number of halogens is 1. The lowest BCUT2D eigenvalue weighted by atomic mass is 9.96. The highest BCUT2D eigenvalue weighted by Gasteiger charge is 2.43. The fraction of sp³-hybridized carbons (Fsp3) is 0.185. The SMILES string of the molecule is COc1ccc([N+](=O)[O-])cc1-n1c(C)cc([C@H]2[C@H](c3ccccn3)NC(=S)N2c2cc(Cl)ccc2O)c1C. The minimum Gasteiger partial charge on any atom is -0.506 e. The topological polar surface area (TPSA) is 106 Å². The number of phenolic OH excluding ortho intramolecular Hbond substituents is 1. The van der Waals surface area contributed by atoms with Gasteiger partial charge in [-0.3, -0.25) is 15.1 Å². The maximum Gasteiger partial charge on any atom is 0.271 e. The molecule has 1 saturated heterocycles. The van der Waals surface area contributed by atoms with E-state index in [4.69, 9.17) is 28.6 Å². The molecule has 11 heteroatoms. The zero-order valence-corrected chi connectivity index (χ0v) is 22.3. The standard InChI is InChI=1S/C27H24ClN5O4S/c1-15-12-19(16(2)31(15)22-14-18(33(35)36)8-10-24(22)37-3)26-25(20-6-4-5-11-29-20)30-27(38)32(26)21-13-17(28)7-9-23(21)34/h4-14,25-26,34H,1-3H3,(H,30,38)/t25-,26-/m0/s1.